The number of piperidine rings is 1. The summed E-state index contributed by atoms with van der Waals surface area (Å²) in [6.45, 7) is 1.38. The van der Waals surface area contributed by atoms with Gasteiger partial charge < -0.3 is 4.90 Å². The van der Waals surface area contributed by atoms with Gasteiger partial charge in [-0.15, -0.1) is 10.2 Å². The molecule has 1 atom stereocenters. The molecular weight excluding hydrogens is 302 g/mol. The van der Waals surface area contributed by atoms with Gasteiger partial charge >= 0.3 is 0 Å². The second-order valence-electron chi connectivity index (χ2n) is 5.28. The van der Waals surface area contributed by atoms with E-state index in [4.69, 9.17) is 11.6 Å². The van der Waals surface area contributed by atoms with Crippen LogP contribution in [0.15, 0.2) is 30.3 Å². The summed E-state index contributed by atoms with van der Waals surface area (Å²) in [5.74, 6) is 0.820. The lowest BCUT2D eigenvalue weighted by atomic mass is 9.97. The number of rotatable bonds is 3. The fraction of sp³-hybridized carbons (Fsp3) is 0.333. The van der Waals surface area contributed by atoms with Crippen molar-refractivity contribution in [2.75, 3.05) is 13.1 Å². The normalized spacial score (nSPS) is 18.8. The van der Waals surface area contributed by atoms with E-state index >= 15 is 0 Å². The van der Waals surface area contributed by atoms with Crippen molar-refractivity contribution in [3.8, 4) is 0 Å². The number of nitrogens with zero attached hydrogens (tertiary/aromatic N) is 4. The Bertz CT molecular complexity index is 670. The van der Waals surface area contributed by atoms with Crippen LogP contribution in [0.4, 0.5) is 0 Å². The fourth-order valence-electron chi connectivity index (χ4n) is 2.61. The molecule has 1 amide bonds. The van der Waals surface area contributed by atoms with Crippen LogP contribution in [0.5, 0.6) is 0 Å². The number of aromatic nitrogens is 4. The minimum Gasteiger partial charge on any atom is -0.338 e. The lowest BCUT2D eigenvalue weighted by molar-refractivity contribution is -0.127. The van der Waals surface area contributed by atoms with E-state index < -0.39 is 0 Å². The molecule has 7 heteroatoms. The molecule has 0 spiro atoms. The number of nitrogens with one attached hydrogen (secondary N) is 1. The van der Waals surface area contributed by atoms with Crippen LogP contribution in [0.3, 0.4) is 0 Å². The number of amides is 1. The maximum Gasteiger partial charge on any atom is 0.246 e. The van der Waals surface area contributed by atoms with Crippen molar-refractivity contribution in [3.63, 3.8) is 0 Å². The predicted molar refractivity (Wildman–Crippen MR) is 83.2 cm³/mol. The largest absolute Gasteiger partial charge is 0.338 e. The molecule has 6 nitrogen and oxygen atoms in total. The molecule has 3 rings (SSSR count). The minimum absolute atomic E-state index is 0.00632. The summed E-state index contributed by atoms with van der Waals surface area (Å²) in [5.41, 5.74) is 0.910. The second-order valence-corrected chi connectivity index (χ2v) is 5.72. The van der Waals surface area contributed by atoms with Crippen molar-refractivity contribution < 1.29 is 4.79 Å². The van der Waals surface area contributed by atoms with E-state index in [1.165, 1.54) is 0 Å². The smallest absolute Gasteiger partial charge is 0.246 e. The van der Waals surface area contributed by atoms with E-state index in [0.29, 0.717) is 17.4 Å². The number of halogens is 1. The quantitative estimate of drug-likeness (QED) is 0.881. The summed E-state index contributed by atoms with van der Waals surface area (Å²) in [4.78, 5) is 14.1. The number of benzene rings is 1. The molecule has 1 unspecified atom stereocenters. The first kappa shape index (κ1) is 14.7. The molecule has 1 saturated heterocycles. The Labute approximate surface area is 133 Å². The fourth-order valence-corrected chi connectivity index (χ4v) is 2.81. The SMILES string of the molecule is O=C(/C=C/c1cccc(Cl)c1)N1CCCC(c2nn[nH]n2)C1. The summed E-state index contributed by atoms with van der Waals surface area (Å²) in [7, 11) is 0. The molecule has 2 aromatic rings. The van der Waals surface area contributed by atoms with Crippen molar-refractivity contribution in [1.82, 2.24) is 25.5 Å². The summed E-state index contributed by atoms with van der Waals surface area (Å²) in [6, 6.07) is 7.40. The first-order valence-electron chi connectivity index (χ1n) is 7.18. The van der Waals surface area contributed by atoms with Crippen LogP contribution in [0, 0.1) is 0 Å². The zero-order valence-corrected chi connectivity index (χ0v) is 12.7. The molecule has 0 saturated carbocycles. The van der Waals surface area contributed by atoms with Crippen LogP contribution < -0.4 is 0 Å². The third-order valence-corrected chi connectivity index (χ3v) is 3.96. The topological polar surface area (TPSA) is 74.8 Å². The Hall–Kier alpha value is -2.21. The van der Waals surface area contributed by atoms with Crippen molar-refractivity contribution in [2.45, 2.75) is 18.8 Å². The highest BCUT2D eigenvalue weighted by atomic mass is 35.5. The molecule has 1 aromatic carbocycles. The van der Waals surface area contributed by atoms with Gasteiger partial charge in [0.05, 0.1) is 0 Å². The molecule has 114 valence electrons. The Balaban J connectivity index is 1.64. The molecule has 0 aliphatic carbocycles. The van der Waals surface area contributed by atoms with E-state index in [2.05, 4.69) is 20.6 Å². The maximum atomic E-state index is 12.3. The zero-order valence-electron chi connectivity index (χ0n) is 11.9. The van der Waals surface area contributed by atoms with Crippen molar-refractivity contribution >= 4 is 23.6 Å². The van der Waals surface area contributed by atoms with Gasteiger partial charge in [-0.05, 0) is 36.6 Å². The number of H-pyrrole nitrogens is 1. The standard InChI is InChI=1S/C15H16ClN5O/c16-13-5-1-3-11(9-13)6-7-14(22)21-8-2-4-12(10-21)15-17-19-20-18-15/h1,3,5-7,9,12H,2,4,8,10H2,(H,17,18,19,20)/b7-6+. The first-order valence-corrected chi connectivity index (χ1v) is 7.56. The van der Waals surface area contributed by atoms with Gasteiger partial charge in [0.1, 0.15) is 0 Å². The molecule has 1 fully saturated rings. The van der Waals surface area contributed by atoms with Gasteiger partial charge in [-0.2, -0.15) is 5.21 Å². The molecule has 2 heterocycles. The van der Waals surface area contributed by atoms with Crippen molar-refractivity contribution in [1.29, 1.82) is 0 Å². The van der Waals surface area contributed by atoms with Crippen LogP contribution >= 0.6 is 11.6 Å². The lowest BCUT2D eigenvalue weighted by Crippen LogP contribution is -2.38. The third kappa shape index (κ3) is 3.51. The van der Waals surface area contributed by atoms with E-state index in [1.54, 1.807) is 18.2 Å². The van der Waals surface area contributed by atoms with Crippen LogP contribution in [-0.2, 0) is 4.79 Å². The number of tetrazole rings is 1. The van der Waals surface area contributed by atoms with Crippen LogP contribution in [0.2, 0.25) is 5.02 Å². The first-order chi connectivity index (χ1) is 10.7. The van der Waals surface area contributed by atoms with E-state index in [1.807, 2.05) is 23.1 Å². The monoisotopic (exact) mass is 317 g/mol. The van der Waals surface area contributed by atoms with Gasteiger partial charge in [0.2, 0.25) is 5.91 Å². The average Bonchev–Trinajstić information content (AvgIpc) is 3.07. The Morgan fingerprint density at radius 2 is 2.36 bits per heavy atom. The van der Waals surface area contributed by atoms with Gasteiger partial charge in [0.15, 0.2) is 5.82 Å². The lowest BCUT2D eigenvalue weighted by Gasteiger charge is -2.30. The van der Waals surface area contributed by atoms with E-state index in [0.717, 1.165) is 24.9 Å². The Kier molecular flexibility index (Phi) is 4.48. The van der Waals surface area contributed by atoms with Gasteiger partial charge in [-0.1, -0.05) is 28.9 Å². The molecule has 1 aromatic heterocycles. The van der Waals surface area contributed by atoms with Gasteiger partial charge in [0.25, 0.3) is 0 Å². The van der Waals surface area contributed by atoms with Gasteiger partial charge in [-0.25, -0.2) is 0 Å². The number of hydrogen-bond acceptors (Lipinski definition) is 4. The number of hydrogen-bond donors (Lipinski definition) is 1. The highest BCUT2D eigenvalue weighted by molar-refractivity contribution is 6.30. The number of aromatic amines is 1. The summed E-state index contributed by atoms with van der Waals surface area (Å²) in [5, 5.41) is 14.7. The maximum absolute atomic E-state index is 12.3. The van der Waals surface area contributed by atoms with E-state index in [9.17, 15) is 4.79 Å². The molecule has 1 N–H and O–H groups in total. The summed E-state index contributed by atoms with van der Waals surface area (Å²) < 4.78 is 0. The van der Waals surface area contributed by atoms with Crippen LogP contribution in [-0.4, -0.2) is 44.5 Å². The Morgan fingerprint density at radius 3 is 3.14 bits per heavy atom. The highest BCUT2D eigenvalue weighted by Gasteiger charge is 2.26. The van der Waals surface area contributed by atoms with Gasteiger partial charge in [0, 0.05) is 30.1 Å². The molecule has 0 radical (unpaired) electrons. The predicted octanol–water partition coefficient (Wildman–Crippen LogP) is 2.27. The summed E-state index contributed by atoms with van der Waals surface area (Å²) >= 11 is 5.93. The molecule has 1 aliphatic heterocycles. The van der Waals surface area contributed by atoms with Crippen LogP contribution in [0.1, 0.15) is 30.1 Å². The molecule has 22 heavy (non-hydrogen) atoms. The highest BCUT2D eigenvalue weighted by Crippen LogP contribution is 2.24. The second kappa shape index (κ2) is 6.70. The summed E-state index contributed by atoms with van der Waals surface area (Å²) in [6.07, 6.45) is 5.29. The third-order valence-electron chi connectivity index (χ3n) is 3.73. The molecule has 0 bridgehead atoms. The number of carbonyl (C=O) groups is 1. The average molecular weight is 318 g/mol. The van der Waals surface area contributed by atoms with Gasteiger partial charge in [-0.3, -0.25) is 4.79 Å². The van der Waals surface area contributed by atoms with Crippen molar-refractivity contribution in [3.05, 3.63) is 46.8 Å². The van der Waals surface area contributed by atoms with E-state index in [-0.39, 0.29) is 11.8 Å². The molecular formula is C15H16ClN5O. The molecule has 1 aliphatic rings. The Morgan fingerprint density at radius 1 is 1.45 bits per heavy atom. The number of carbonyl (C=O) groups excluding carboxylic acids is 1. The zero-order chi connectivity index (χ0) is 15.4. The van der Waals surface area contributed by atoms with Crippen molar-refractivity contribution in [2.24, 2.45) is 0 Å². The van der Waals surface area contributed by atoms with Crippen LogP contribution in [0.25, 0.3) is 6.08 Å². The number of likely N-dealkylation sites (tertiary alicyclic amines) is 1. The minimum atomic E-state index is -0.00632.